The minimum absolute atomic E-state index is 0.330. The van der Waals surface area contributed by atoms with Crippen molar-refractivity contribution in [2.75, 3.05) is 7.11 Å². The number of furan rings is 1. The Kier molecular flexibility index (Phi) is 2.99. The van der Waals surface area contributed by atoms with E-state index in [2.05, 4.69) is 0 Å². The molecule has 0 aliphatic heterocycles. The molecule has 0 aliphatic rings. The Morgan fingerprint density at radius 3 is 2.75 bits per heavy atom. The number of methoxy groups -OCH3 is 1. The van der Waals surface area contributed by atoms with Gasteiger partial charge in [-0.1, -0.05) is 12.1 Å². The molecule has 3 rings (SSSR count). The molecule has 2 aromatic carbocycles. The van der Waals surface area contributed by atoms with E-state index in [0.717, 1.165) is 11.7 Å². The van der Waals surface area contributed by atoms with Crippen LogP contribution in [0.5, 0.6) is 5.75 Å². The van der Waals surface area contributed by atoms with Gasteiger partial charge in [0, 0.05) is 16.5 Å². The highest BCUT2D eigenvalue weighted by molar-refractivity contribution is 5.92. The van der Waals surface area contributed by atoms with Crippen LogP contribution in [0.2, 0.25) is 0 Å². The summed E-state index contributed by atoms with van der Waals surface area (Å²) in [4.78, 5) is 10.9. The molecular formula is C16H11FO3. The van der Waals surface area contributed by atoms with Crippen molar-refractivity contribution >= 4 is 17.3 Å². The van der Waals surface area contributed by atoms with E-state index in [0.29, 0.717) is 28.2 Å². The summed E-state index contributed by atoms with van der Waals surface area (Å²) < 4.78 is 24.2. The van der Waals surface area contributed by atoms with Gasteiger partial charge < -0.3 is 9.15 Å². The summed E-state index contributed by atoms with van der Waals surface area (Å²) in [6.07, 6.45) is 0.747. The van der Waals surface area contributed by atoms with Gasteiger partial charge in [-0.3, -0.25) is 4.79 Å². The fourth-order valence-corrected chi connectivity index (χ4v) is 2.15. The maximum absolute atomic E-state index is 13.3. The Balaban J connectivity index is 2.22. The number of hydrogen-bond acceptors (Lipinski definition) is 3. The third-order valence-electron chi connectivity index (χ3n) is 3.07. The van der Waals surface area contributed by atoms with Gasteiger partial charge in [0.15, 0.2) is 11.3 Å². The Morgan fingerprint density at radius 1 is 1.20 bits per heavy atom. The molecule has 0 N–H and O–H groups in total. The molecule has 0 radical (unpaired) electrons. The van der Waals surface area contributed by atoms with Crippen molar-refractivity contribution in [3.63, 3.8) is 0 Å². The Morgan fingerprint density at radius 2 is 2.05 bits per heavy atom. The zero-order valence-electron chi connectivity index (χ0n) is 10.7. The van der Waals surface area contributed by atoms with Crippen LogP contribution in [-0.4, -0.2) is 13.4 Å². The van der Waals surface area contributed by atoms with Crippen molar-refractivity contribution in [2.24, 2.45) is 0 Å². The summed E-state index contributed by atoms with van der Waals surface area (Å²) in [5, 5.41) is 0.741. The molecule has 3 nitrogen and oxygen atoms in total. The van der Waals surface area contributed by atoms with E-state index in [1.807, 2.05) is 0 Å². The highest BCUT2D eigenvalue weighted by Crippen LogP contribution is 2.34. The lowest BCUT2D eigenvalue weighted by molar-refractivity contribution is 0.112. The van der Waals surface area contributed by atoms with Gasteiger partial charge in [-0.05, 0) is 30.3 Å². The summed E-state index contributed by atoms with van der Waals surface area (Å²) in [5.74, 6) is 0.677. The molecule has 100 valence electrons. The Hall–Kier alpha value is -2.62. The maximum atomic E-state index is 13.3. The molecule has 0 saturated heterocycles. The number of ether oxygens (including phenoxy) is 1. The van der Waals surface area contributed by atoms with Gasteiger partial charge in [0.25, 0.3) is 0 Å². The molecule has 0 amide bonds. The average Bonchev–Trinajstić information content (AvgIpc) is 2.90. The zero-order valence-corrected chi connectivity index (χ0v) is 10.7. The van der Waals surface area contributed by atoms with Crippen molar-refractivity contribution in [3.8, 4) is 17.1 Å². The minimum Gasteiger partial charge on any atom is -0.493 e. The first-order valence-corrected chi connectivity index (χ1v) is 6.04. The van der Waals surface area contributed by atoms with E-state index in [1.165, 1.54) is 19.2 Å². The van der Waals surface area contributed by atoms with Crippen molar-refractivity contribution in [1.29, 1.82) is 0 Å². The summed E-state index contributed by atoms with van der Waals surface area (Å²) in [6.45, 7) is 0. The smallest absolute Gasteiger partial charge is 0.176 e. The topological polar surface area (TPSA) is 39.4 Å². The van der Waals surface area contributed by atoms with Crippen LogP contribution in [0.25, 0.3) is 22.3 Å². The number of rotatable bonds is 3. The van der Waals surface area contributed by atoms with Gasteiger partial charge in [0.05, 0.1) is 7.11 Å². The molecule has 0 aliphatic carbocycles. The Bertz CT molecular complexity index is 790. The molecule has 0 atom stereocenters. The summed E-state index contributed by atoms with van der Waals surface area (Å²) >= 11 is 0. The van der Waals surface area contributed by atoms with Crippen LogP contribution in [-0.2, 0) is 0 Å². The maximum Gasteiger partial charge on any atom is 0.176 e. The van der Waals surface area contributed by atoms with E-state index >= 15 is 0 Å². The summed E-state index contributed by atoms with van der Waals surface area (Å²) in [5.41, 5.74) is 1.68. The molecule has 0 unspecified atom stereocenters. The highest BCUT2D eigenvalue weighted by atomic mass is 19.1. The van der Waals surface area contributed by atoms with E-state index in [9.17, 15) is 9.18 Å². The van der Waals surface area contributed by atoms with Crippen LogP contribution in [0.15, 0.2) is 46.9 Å². The van der Waals surface area contributed by atoms with E-state index < -0.39 is 0 Å². The van der Waals surface area contributed by atoms with Crippen molar-refractivity contribution in [1.82, 2.24) is 0 Å². The van der Waals surface area contributed by atoms with Crippen LogP contribution in [0.1, 0.15) is 10.4 Å². The number of hydrogen-bond donors (Lipinski definition) is 0. The fourth-order valence-electron chi connectivity index (χ4n) is 2.15. The summed E-state index contributed by atoms with van der Waals surface area (Å²) in [7, 11) is 1.51. The lowest BCUT2D eigenvalue weighted by atomic mass is 10.1. The van der Waals surface area contributed by atoms with E-state index in [1.54, 1.807) is 30.3 Å². The number of halogens is 1. The predicted octanol–water partition coefficient (Wildman–Crippen LogP) is 4.06. The van der Waals surface area contributed by atoms with Gasteiger partial charge >= 0.3 is 0 Å². The first-order valence-electron chi connectivity index (χ1n) is 6.04. The zero-order chi connectivity index (χ0) is 14.1. The van der Waals surface area contributed by atoms with Crippen molar-refractivity contribution in [3.05, 3.63) is 53.8 Å². The number of carbonyl (C=O) groups excluding carboxylic acids is 1. The molecule has 3 aromatic rings. The number of fused-ring (bicyclic) bond motifs is 1. The molecule has 1 aromatic heterocycles. The molecule has 20 heavy (non-hydrogen) atoms. The molecule has 0 fully saturated rings. The second-order valence-electron chi connectivity index (χ2n) is 4.38. The van der Waals surface area contributed by atoms with Crippen LogP contribution >= 0.6 is 0 Å². The van der Waals surface area contributed by atoms with Crippen molar-refractivity contribution < 1.29 is 18.3 Å². The molecule has 4 heteroatoms. The Labute approximate surface area is 114 Å². The molecule has 0 bridgehead atoms. The van der Waals surface area contributed by atoms with Crippen molar-refractivity contribution in [2.45, 2.75) is 0 Å². The van der Waals surface area contributed by atoms with Crippen LogP contribution < -0.4 is 4.74 Å². The number of carbonyl (C=O) groups is 1. The minimum atomic E-state index is -0.330. The molecule has 1 heterocycles. The summed E-state index contributed by atoms with van der Waals surface area (Å²) in [6, 6.07) is 11.2. The van der Waals surface area contributed by atoms with E-state index in [-0.39, 0.29) is 5.82 Å². The van der Waals surface area contributed by atoms with Crippen LogP contribution in [0, 0.1) is 5.82 Å². The lowest BCUT2D eigenvalue weighted by Crippen LogP contribution is -1.86. The number of benzene rings is 2. The van der Waals surface area contributed by atoms with Crippen LogP contribution in [0.4, 0.5) is 4.39 Å². The quantitative estimate of drug-likeness (QED) is 0.674. The first kappa shape index (κ1) is 12.4. The van der Waals surface area contributed by atoms with Crippen LogP contribution in [0.3, 0.4) is 0 Å². The second kappa shape index (κ2) is 4.81. The third-order valence-corrected chi connectivity index (χ3v) is 3.07. The fraction of sp³-hybridized carbons (Fsp3) is 0.0625. The standard InChI is InChI=1S/C16H11FO3/c1-19-15-6-10(9-18)5-12-8-14(20-16(12)15)11-3-2-4-13(17)7-11/h2-9H,1H3. The molecular weight excluding hydrogens is 259 g/mol. The normalized spacial score (nSPS) is 10.7. The number of aldehydes is 1. The second-order valence-corrected chi connectivity index (χ2v) is 4.38. The average molecular weight is 270 g/mol. The van der Waals surface area contributed by atoms with Gasteiger partial charge in [-0.15, -0.1) is 0 Å². The third kappa shape index (κ3) is 2.05. The largest absolute Gasteiger partial charge is 0.493 e. The molecule has 0 spiro atoms. The van der Waals surface area contributed by atoms with E-state index in [4.69, 9.17) is 9.15 Å². The van der Waals surface area contributed by atoms with Gasteiger partial charge in [0.2, 0.25) is 0 Å². The van der Waals surface area contributed by atoms with Gasteiger partial charge in [-0.25, -0.2) is 4.39 Å². The monoisotopic (exact) mass is 270 g/mol. The molecule has 0 saturated carbocycles. The predicted molar refractivity (Wildman–Crippen MR) is 73.5 cm³/mol. The first-order chi connectivity index (χ1) is 9.71. The van der Waals surface area contributed by atoms with Gasteiger partial charge in [-0.2, -0.15) is 0 Å². The highest BCUT2D eigenvalue weighted by Gasteiger charge is 2.12. The van der Waals surface area contributed by atoms with Gasteiger partial charge in [0.1, 0.15) is 17.9 Å². The lowest BCUT2D eigenvalue weighted by Gasteiger charge is -2.01. The SMILES string of the molecule is COc1cc(C=O)cc2cc(-c3cccc(F)c3)oc12.